The predicted octanol–water partition coefficient (Wildman–Crippen LogP) is 4.40. The Morgan fingerprint density at radius 1 is 1.12 bits per heavy atom. The first-order chi connectivity index (χ1) is 19.4. The molecule has 0 aliphatic carbocycles. The Labute approximate surface area is 233 Å². The van der Waals surface area contributed by atoms with Crippen molar-refractivity contribution in [2.45, 2.75) is 31.5 Å². The van der Waals surface area contributed by atoms with Crippen LogP contribution in [-0.2, 0) is 29.0 Å². The fourth-order valence-electron chi connectivity index (χ4n) is 4.40. The van der Waals surface area contributed by atoms with Gasteiger partial charge in [-0.25, -0.2) is 4.99 Å². The van der Waals surface area contributed by atoms with Gasteiger partial charge < -0.3 is 24.8 Å². The molecule has 10 heteroatoms. The minimum atomic E-state index is -1.21. The number of aliphatic imine (C=N–C) groups is 1. The maximum atomic E-state index is 13.8. The zero-order chi connectivity index (χ0) is 28.4. The predicted molar refractivity (Wildman–Crippen MR) is 154 cm³/mol. The minimum Gasteiger partial charge on any atom is -0.494 e. The van der Waals surface area contributed by atoms with E-state index in [1.165, 1.54) is 0 Å². The molecule has 0 spiro atoms. The van der Waals surface area contributed by atoms with Gasteiger partial charge in [0.25, 0.3) is 5.91 Å². The van der Waals surface area contributed by atoms with Gasteiger partial charge in [-0.1, -0.05) is 41.5 Å². The van der Waals surface area contributed by atoms with E-state index >= 15 is 0 Å². The van der Waals surface area contributed by atoms with Gasteiger partial charge in [-0.3, -0.25) is 4.79 Å². The molecule has 1 atom stereocenters. The molecule has 3 aromatic carbocycles. The number of ether oxygens (including phenoxy) is 2. The second-order valence-corrected chi connectivity index (χ2v) is 9.77. The lowest BCUT2D eigenvalue weighted by molar-refractivity contribution is -0.126. The van der Waals surface area contributed by atoms with Crippen LogP contribution in [0.3, 0.4) is 0 Å². The molecule has 0 radical (unpaired) electrons. The fourth-order valence-corrected chi connectivity index (χ4v) is 4.40. The highest BCUT2D eigenvalue weighted by Crippen LogP contribution is 2.29. The first-order valence-electron chi connectivity index (χ1n) is 13.1. The number of rotatable bonds is 13. The summed E-state index contributed by atoms with van der Waals surface area (Å²) in [5.41, 5.74) is 12.1. The van der Waals surface area contributed by atoms with Gasteiger partial charge in [0.05, 0.1) is 13.2 Å². The van der Waals surface area contributed by atoms with Crippen LogP contribution in [0.15, 0.2) is 82.9 Å². The molecule has 4 rings (SSSR count). The second-order valence-electron chi connectivity index (χ2n) is 9.77. The van der Waals surface area contributed by atoms with E-state index in [1.54, 1.807) is 0 Å². The number of amides is 1. The summed E-state index contributed by atoms with van der Waals surface area (Å²) in [7, 11) is 3.96. The Morgan fingerprint density at radius 3 is 2.52 bits per heavy atom. The summed E-state index contributed by atoms with van der Waals surface area (Å²) in [6.45, 7) is 1.08. The summed E-state index contributed by atoms with van der Waals surface area (Å²) < 4.78 is 11.6. The smallest absolute Gasteiger partial charge is 0.252 e. The van der Waals surface area contributed by atoms with Crippen LogP contribution in [0.5, 0.6) is 5.75 Å². The molecule has 2 N–H and O–H groups in total. The summed E-state index contributed by atoms with van der Waals surface area (Å²) in [6.07, 6.45) is 0.831. The number of carbonyl (C=O) groups excluding carboxylic acids is 1. The normalized spacial score (nSPS) is 15.9. The molecule has 1 heterocycles. The molecule has 0 saturated carbocycles. The van der Waals surface area contributed by atoms with Crippen LogP contribution in [0.4, 0.5) is 5.69 Å². The molecule has 1 amide bonds. The number of aliphatic hydroxyl groups is 1. The van der Waals surface area contributed by atoms with Gasteiger partial charge >= 0.3 is 0 Å². The van der Waals surface area contributed by atoms with E-state index in [2.05, 4.69) is 15.3 Å². The Balaban J connectivity index is 1.59. The average Bonchev–Trinajstić information content (AvgIpc) is 3.41. The van der Waals surface area contributed by atoms with E-state index in [1.807, 2.05) is 91.8 Å². The van der Waals surface area contributed by atoms with Gasteiger partial charge in [0, 0.05) is 56.3 Å². The first-order valence-corrected chi connectivity index (χ1v) is 13.1. The van der Waals surface area contributed by atoms with Crippen LogP contribution in [0.25, 0.3) is 10.4 Å². The monoisotopic (exact) mass is 542 g/mol. The van der Waals surface area contributed by atoms with Crippen molar-refractivity contribution in [3.05, 3.63) is 105 Å². The molecule has 3 aromatic rings. The highest BCUT2D eigenvalue weighted by Gasteiger charge is 2.44. The third-order valence-corrected chi connectivity index (χ3v) is 6.67. The lowest BCUT2D eigenvalue weighted by Crippen LogP contribution is -2.48. The van der Waals surface area contributed by atoms with Crippen molar-refractivity contribution in [1.29, 1.82) is 0 Å². The second kappa shape index (κ2) is 13.5. The Kier molecular flexibility index (Phi) is 9.62. The maximum absolute atomic E-state index is 13.8. The first kappa shape index (κ1) is 28.5. The number of carbonyl (C=O) groups is 1. The SMILES string of the molecule is CN(C)c1ccc(CNC(=O)[C@@]2(Cc3ccccc3CN=[N+]=[N-])COC(c3ccc(OCCCO)cc3)=N2)cc1. The van der Waals surface area contributed by atoms with Gasteiger partial charge in [0.15, 0.2) is 5.54 Å². The van der Waals surface area contributed by atoms with E-state index < -0.39 is 5.54 Å². The molecule has 1 aliphatic rings. The molecule has 208 valence electrons. The molecule has 40 heavy (non-hydrogen) atoms. The van der Waals surface area contributed by atoms with Crippen LogP contribution in [0.2, 0.25) is 0 Å². The Morgan fingerprint density at radius 2 is 1.85 bits per heavy atom. The van der Waals surface area contributed by atoms with Gasteiger partial charge in [0.1, 0.15) is 12.4 Å². The van der Waals surface area contributed by atoms with Crippen LogP contribution < -0.4 is 15.0 Å². The molecular weight excluding hydrogens is 508 g/mol. The van der Waals surface area contributed by atoms with E-state index in [0.717, 1.165) is 27.9 Å². The molecule has 0 aromatic heterocycles. The summed E-state index contributed by atoms with van der Waals surface area (Å²) in [5, 5.41) is 15.7. The van der Waals surface area contributed by atoms with Crippen molar-refractivity contribution in [3.8, 4) is 5.75 Å². The van der Waals surface area contributed by atoms with Gasteiger partial charge in [-0.05, 0) is 58.6 Å². The summed E-state index contributed by atoms with van der Waals surface area (Å²) in [5.74, 6) is 0.800. The van der Waals surface area contributed by atoms with Crippen molar-refractivity contribution in [2.75, 3.05) is 38.8 Å². The summed E-state index contributed by atoms with van der Waals surface area (Å²) in [6, 6.07) is 22.9. The zero-order valence-corrected chi connectivity index (χ0v) is 22.8. The lowest BCUT2D eigenvalue weighted by atomic mass is 9.89. The largest absolute Gasteiger partial charge is 0.494 e. The zero-order valence-electron chi connectivity index (χ0n) is 22.8. The number of hydrogen-bond donors (Lipinski definition) is 2. The minimum absolute atomic E-state index is 0.0678. The van der Waals surface area contributed by atoms with Crippen molar-refractivity contribution in [1.82, 2.24) is 5.32 Å². The van der Waals surface area contributed by atoms with E-state index in [9.17, 15) is 4.79 Å². The molecule has 0 fully saturated rings. The van der Waals surface area contributed by atoms with Crippen LogP contribution in [0.1, 0.15) is 28.7 Å². The molecule has 0 bridgehead atoms. The highest BCUT2D eigenvalue weighted by atomic mass is 16.5. The van der Waals surface area contributed by atoms with Crippen molar-refractivity contribution >= 4 is 17.5 Å². The maximum Gasteiger partial charge on any atom is 0.252 e. The van der Waals surface area contributed by atoms with Crippen molar-refractivity contribution in [2.24, 2.45) is 10.1 Å². The van der Waals surface area contributed by atoms with E-state index in [4.69, 9.17) is 25.1 Å². The number of azide groups is 1. The van der Waals surface area contributed by atoms with Gasteiger partial charge in [0.2, 0.25) is 5.90 Å². The standard InChI is InChI=1S/C30H34N6O4/c1-36(2)26-12-8-22(9-13-26)19-32-29(38)30(18-24-6-3-4-7-25(24)20-33-35-31)21-40-28(34-30)23-10-14-27(15-11-23)39-17-5-16-37/h3-4,6-15,37H,5,16-21H2,1-2H3,(H,32,38)/t30-/m1/s1. The molecule has 10 nitrogen and oxygen atoms in total. The number of benzene rings is 3. The van der Waals surface area contributed by atoms with Gasteiger partial charge in [-0.2, -0.15) is 0 Å². The molecular formula is C30H34N6O4. The molecule has 1 aliphatic heterocycles. The Hall–Kier alpha value is -4.53. The number of hydrogen-bond acceptors (Lipinski definition) is 7. The quantitative estimate of drug-likeness (QED) is 0.143. The number of aliphatic hydroxyl groups excluding tert-OH is 1. The van der Waals surface area contributed by atoms with E-state index in [0.29, 0.717) is 31.2 Å². The fraction of sp³-hybridized carbons (Fsp3) is 0.333. The highest BCUT2D eigenvalue weighted by molar-refractivity contribution is 6.00. The summed E-state index contributed by atoms with van der Waals surface area (Å²) >= 11 is 0. The van der Waals surface area contributed by atoms with Crippen molar-refractivity contribution < 1.29 is 19.4 Å². The number of nitrogens with one attached hydrogen (secondary N) is 1. The lowest BCUT2D eigenvalue weighted by Gasteiger charge is -2.24. The van der Waals surface area contributed by atoms with E-state index in [-0.39, 0.29) is 32.1 Å². The number of nitrogens with zero attached hydrogens (tertiary/aromatic N) is 5. The topological polar surface area (TPSA) is 132 Å². The molecule has 0 unspecified atom stereocenters. The number of anilines is 1. The van der Waals surface area contributed by atoms with Crippen LogP contribution in [-0.4, -0.2) is 56.4 Å². The summed E-state index contributed by atoms with van der Waals surface area (Å²) in [4.78, 5) is 23.6. The third-order valence-electron chi connectivity index (χ3n) is 6.67. The molecule has 0 saturated heterocycles. The third kappa shape index (κ3) is 7.11. The average molecular weight is 543 g/mol. The van der Waals surface area contributed by atoms with Crippen LogP contribution in [0, 0.1) is 0 Å². The van der Waals surface area contributed by atoms with Crippen LogP contribution >= 0.6 is 0 Å². The Bertz CT molecular complexity index is 1370. The van der Waals surface area contributed by atoms with Crippen molar-refractivity contribution in [3.63, 3.8) is 0 Å². The van der Waals surface area contributed by atoms with Gasteiger partial charge in [-0.15, -0.1) is 0 Å².